The van der Waals surface area contributed by atoms with Crippen LogP contribution in [0.25, 0.3) is 0 Å². The van der Waals surface area contributed by atoms with E-state index in [2.05, 4.69) is 51.6 Å². The first-order valence-corrected chi connectivity index (χ1v) is 10.1. The van der Waals surface area contributed by atoms with Gasteiger partial charge in [0.1, 0.15) is 0 Å². The molecule has 1 saturated carbocycles. The molecule has 138 valence electrons. The molecule has 1 amide bonds. The maximum absolute atomic E-state index is 12.5. The van der Waals surface area contributed by atoms with E-state index in [4.69, 9.17) is 0 Å². The number of aromatic nitrogens is 4. The number of thioether (sulfide) groups is 1. The zero-order valence-electron chi connectivity index (χ0n) is 15.0. The Morgan fingerprint density at radius 1 is 1.19 bits per heavy atom. The summed E-state index contributed by atoms with van der Waals surface area (Å²) < 4.78 is 1.86. The third-order valence-electron chi connectivity index (χ3n) is 5.06. The molecule has 2 fully saturated rings. The topological polar surface area (TPSA) is 67.2 Å². The first kappa shape index (κ1) is 17.5. The summed E-state index contributed by atoms with van der Waals surface area (Å²) in [5.74, 6) is 0.584. The predicted octanol–water partition coefficient (Wildman–Crippen LogP) is 1.75. The Labute approximate surface area is 157 Å². The lowest BCUT2D eigenvalue weighted by atomic mass is 10.1. The second-order valence-corrected chi connectivity index (χ2v) is 7.95. The quantitative estimate of drug-likeness (QED) is 0.720. The van der Waals surface area contributed by atoms with E-state index in [-0.39, 0.29) is 5.91 Å². The van der Waals surface area contributed by atoms with Crippen LogP contribution in [0.1, 0.15) is 30.0 Å². The van der Waals surface area contributed by atoms with Crippen molar-refractivity contribution in [2.24, 2.45) is 0 Å². The van der Waals surface area contributed by atoms with Gasteiger partial charge in [-0.1, -0.05) is 36.0 Å². The van der Waals surface area contributed by atoms with Crippen molar-refractivity contribution in [2.75, 3.05) is 31.9 Å². The smallest absolute Gasteiger partial charge is 0.233 e. The van der Waals surface area contributed by atoms with Gasteiger partial charge in [0.2, 0.25) is 11.1 Å². The Morgan fingerprint density at radius 2 is 1.96 bits per heavy atom. The van der Waals surface area contributed by atoms with E-state index >= 15 is 0 Å². The summed E-state index contributed by atoms with van der Waals surface area (Å²) in [6, 6.07) is 8.95. The molecule has 0 spiro atoms. The summed E-state index contributed by atoms with van der Waals surface area (Å²) >= 11 is 1.45. The van der Waals surface area contributed by atoms with Gasteiger partial charge in [-0.05, 0) is 41.3 Å². The summed E-state index contributed by atoms with van der Waals surface area (Å²) in [4.78, 5) is 16.9. The summed E-state index contributed by atoms with van der Waals surface area (Å²) in [7, 11) is 0. The zero-order valence-corrected chi connectivity index (χ0v) is 15.9. The fraction of sp³-hybridized carbons (Fsp3) is 0.556. The van der Waals surface area contributed by atoms with Crippen LogP contribution in [0.3, 0.4) is 0 Å². The van der Waals surface area contributed by atoms with Gasteiger partial charge in [0, 0.05) is 32.7 Å². The molecule has 1 aromatic heterocycles. The lowest BCUT2D eigenvalue weighted by Crippen LogP contribution is -2.48. The molecule has 1 aliphatic heterocycles. The third kappa shape index (κ3) is 4.07. The number of carbonyl (C=O) groups excluding carboxylic acids is 1. The van der Waals surface area contributed by atoms with Gasteiger partial charge in [0.05, 0.1) is 11.8 Å². The summed E-state index contributed by atoms with van der Waals surface area (Å²) in [6.07, 6.45) is 2.27. The minimum absolute atomic E-state index is 0.177. The number of hydrogen-bond donors (Lipinski definition) is 0. The minimum atomic E-state index is 0.177. The van der Waals surface area contributed by atoms with E-state index in [0.29, 0.717) is 11.8 Å². The lowest BCUT2D eigenvalue weighted by molar-refractivity contribution is -0.130. The molecular weight excluding hydrogens is 348 g/mol. The maximum atomic E-state index is 12.5. The highest BCUT2D eigenvalue weighted by Crippen LogP contribution is 2.36. The Bertz CT molecular complexity index is 767. The van der Waals surface area contributed by atoms with Crippen molar-refractivity contribution >= 4 is 17.7 Å². The minimum Gasteiger partial charge on any atom is -0.339 e. The number of benzene rings is 1. The van der Waals surface area contributed by atoms with Gasteiger partial charge in [-0.15, -0.1) is 5.10 Å². The fourth-order valence-electron chi connectivity index (χ4n) is 3.23. The molecule has 0 radical (unpaired) electrons. The van der Waals surface area contributed by atoms with Gasteiger partial charge in [-0.2, -0.15) is 0 Å². The molecule has 0 atom stereocenters. The largest absolute Gasteiger partial charge is 0.339 e. The van der Waals surface area contributed by atoms with Crippen LogP contribution in [0.2, 0.25) is 0 Å². The normalized spacial score (nSPS) is 18.3. The molecule has 8 heteroatoms. The van der Waals surface area contributed by atoms with Crippen molar-refractivity contribution in [2.45, 2.75) is 37.5 Å². The predicted molar refractivity (Wildman–Crippen MR) is 99.8 cm³/mol. The van der Waals surface area contributed by atoms with Crippen molar-refractivity contribution in [3.05, 3.63) is 35.4 Å². The number of piperazine rings is 1. The molecule has 7 nitrogen and oxygen atoms in total. The molecule has 2 heterocycles. The Kier molecular flexibility index (Phi) is 5.21. The van der Waals surface area contributed by atoms with Crippen LogP contribution in [0.5, 0.6) is 0 Å². The van der Waals surface area contributed by atoms with Crippen LogP contribution in [-0.4, -0.2) is 67.8 Å². The molecule has 2 aromatic rings. The van der Waals surface area contributed by atoms with Crippen LogP contribution in [0, 0.1) is 6.92 Å². The van der Waals surface area contributed by atoms with Gasteiger partial charge >= 0.3 is 0 Å². The van der Waals surface area contributed by atoms with E-state index in [1.807, 2.05) is 9.58 Å². The highest BCUT2D eigenvalue weighted by molar-refractivity contribution is 7.99. The first-order chi connectivity index (χ1) is 12.7. The highest BCUT2D eigenvalue weighted by atomic mass is 32.2. The zero-order chi connectivity index (χ0) is 17.9. The second kappa shape index (κ2) is 7.75. The van der Waals surface area contributed by atoms with E-state index in [0.717, 1.165) is 50.7 Å². The number of carbonyl (C=O) groups is 1. The van der Waals surface area contributed by atoms with Gasteiger partial charge < -0.3 is 4.90 Å². The van der Waals surface area contributed by atoms with Crippen molar-refractivity contribution in [1.29, 1.82) is 0 Å². The Hall–Kier alpha value is -1.93. The third-order valence-corrected chi connectivity index (χ3v) is 5.98. The number of rotatable bonds is 6. The van der Waals surface area contributed by atoms with Crippen LogP contribution < -0.4 is 0 Å². The van der Waals surface area contributed by atoms with Crippen LogP contribution in [0.15, 0.2) is 29.4 Å². The summed E-state index contributed by atoms with van der Waals surface area (Å²) in [5, 5.41) is 12.6. The summed E-state index contributed by atoms with van der Waals surface area (Å²) in [5.41, 5.74) is 2.70. The molecular formula is C18H24N6OS. The number of aryl methyl sites for hydroxylation is 1. The number of tetrazole rings is 1. The second-order valence-electron chi connectivity index (χ2n) is 7.01. The fourth-order valence-corrected chi connectivity index (χ4v) is 4.08. The van der Waals surface area contributed by atoms with Gasteiger partial charge in [-0.25, -0.2) is 4.68 Å². The lowest BCUT2D eigenvalue weighted by Gasteiger charge is -2.35. The number of amides is 1. The van der Waals surface area contributed by atoms with E-state index in [9.17, 15) is 4.79 Å². The molecule has 1 saturated heterocycles. The SMILES string of the molecule is Cc1ccccc1CN1CCN(C(=O)CSc2nnnn2C2CC2)CC1. The van der Waals surface area contributed by atoms with Crippen LogP contribution in [0.4, 0.5) is 0 Å². The monoisotopic (exact) mass is 372 g/mol. The van der Waals surface area contributed by atoms with E-state index in [1.165, 1.54) is 22.9 Å². The van der Waals surface area contributed by atoms with Crippen molar-refractivity contribution in [3.8, 4) is 0 Å². The molecule has 0 unspecified atom stereocenters. The van der Waals surface area contributed by atoms with Gasteiger partial charge in [0.15, 0.2) is 0 Å². The molecule has 4 rings (SSSR count). The standard InChI is InChI=1S/C18H24N6OS/c1-14-4-2-3-5-15(14)12-22-8-10-23(11-9-22)17(25)13-26-18-19-20-21-24(18)16-6-7-16/h2-5,16H,6-13H2,1H3. The van der Waals surface area contributed by atoms with E-state index in [1.54, 1.807) is 0 Å². The van der Waals surface area contributed by atoms with Gasteiger partial charge in [-0.3, -0.25) is 9.69 Å². The Balaban J connectivity index is 1.24. The summed E-state index contributed by atoms with van der Waals surface area (Å²) in [6.45, 7) is 6.54. The molecule has 26 heavy (non-hydrogen) atoms. The average molecular weight is 372 g/mol. The van der Waals surface area contributed by atoms with Gasteiger partial charge in [0.25, 0.3) is 0 Å². The first-order valence-electron chi connectivity index (χ1n) is 9.16. The molecule has 1 aliphatic carbocycles. The maximum Gasteiger partial charge on any atom is 0.233 e. The van der Waals surface area contributed by atoms with Crippen LogP contribution >= 0.6 is 11.8 Å². The molecule has 0 N–H and O–H groups in total. The average Bonchev–Trinajstić information content (AvgIpc) is 3.40. The molecule has 0 bridgehead atoms. The Morgan fingerprint density at radius 3 is 2.69 bits per heavy atom. The van der Waals surface area contributed by atoms with Crippen molar-refractivity contribution in [1.82, 2.24) is 30.0 Å². The van der Waals surface area contributed by atoms with Crippen molar-refractivity contribution in [3.63, 3.8) is 0 Å². The number of nitrogens with zero attached hydrogens (tertiary/aromatic N) is 6. The van der Waals surface area contributed by atoms with Crippen molar-refractivity contribution < 1.29 is 4.79 Å². The van der Waals surface area contributed by atoms with Crippen LogP contribution in [-0.2, 0) is 11.3 Å². The highest BCUT2D eigenvalue weighted by Gasteiger charge is 2.28. The number of hydrogen-bond acceptors (Lipinski definition) is 6. The molecule has 2 aliphatic rings. The van der Waals surface area contributed by atoms with E-state index < -0.39 is 0 Å². The molecule has 1 aromatic carbocycles.